The first kappa shape index (κ1) is 17.0. The molecule has 1 N–H and O–H groups in total. The molecule has 5 heteroatoms. The van der Waals surface area contributed by atoms with E-state index in [9.17, 15) is 4.79 Å². The first-order chi connectivity index (χ1) is 9.42. The topological polar surface area (TPSA) is 41.6 Å². The van der Waals surface area contributed by atoms with E-state index in [4.69, 9.17) is 4.74 Å². The third-order valence-corrected chi connectivity index (χ3v) is 3.46. The third-order valence-electron chi connectivity index (χ3n) is 2.58. The van der Waals surface area contributed by atoms with Crippen molar-refractivity contribution in [3.05, 3.63) is 22.4 Å². The normalized spacial score (nSPS) is 11.4. The van der Waals surface area contributed by atoms with Gasteiger partial charge in [0.25, 0.3) is 0 Å². The van der Waals surface area contributed by atoms with Crippen LogP contribution in [0.25, 0.3) is 0 Å². The van der Waals surface area contributed by atoms with E-state index in [0.717, 1.165) is 26.1 Å². The minimum absolute atomic E-state index is 0.225. The minimum Gasteiger partial charge on any atom is -0.444 e. The Hall–Kier alpha value is -1.07. The van der Waals surface area contributed by atoms with E-state index in [1.807, 2.05) is 26.8 Å². The smallest absolute Gasteiger partial charge is 0.410 e. The molecule has 114 valence electrons. The number of hydrogen-bond donors (Lipinski definition) is 1. The van der Waals surface area contributed by atoms with Gasteiger partial charge in [-0.05, 0) is 38.6 Å². The van der Waals surface area contributed by atoms with Crippen LogP contribution in [0.5, 0.6) is 0 Å². The quantitative estimate of drug-likeness (QED) is 0.784. The van der Waals surface area contributed by atoms with Crippen LogP contribution in [0.1, 0.15) is 39.0 Å². The number of hydrogen-bond acceptors (Lipinski definition) is 4. The fourth-order valence-electron chi connectivity index (χ4n) is 1.73. The Labute approximate surface area is 126 Å². The summed E-state index contributed by atoms with van der Waals surface area (Å²) in [6.45, 7) is 10.8. The second-order valence-electron chi connectivity index (χ2n) is 5.72. The lowest BCUT2D eigenvalue weighted by atomic mass is 10.2. The van der Waals surface area contributed by atoms with E-state index in [1.165, 1.54) is 4.88 Å². The van der Waals surface area contributed by atoms with E-state index in [1.54, 1.807) is 16.2 Å². The van der Waals surface area contributed by atoms with Crippen molar-refractivity contribution in [1.29, 1.82) is 0 Å². The van der Waals surface area contributed by atoms with Crippen LogP contribution in [0.4, 0.5) is 4.79 Å². The Morgan fingerprint density at radius 1 is 1.40 bits per heavy atom. The van der Waals surface area contributed by atoms with Crippen molar-refractivity contribution in [1.82, 2.24) is 10.2 Å². The van der Waals surface area contributed by atoms with Gasteiger partial charge in [0.15, 0.2) is 0 Å². The molecule has 0 aliphatic rings. The highest BCUT2D eigenvalue weighted by Gasteiger charge is 2.21. The van der Waals surface area contributed by atoms with Crippen LogP contribution in [-0.4, -0.2) is 36.2 Å². The maximum Gasteiger partial charge on any atom is 0.410 e. The van der Waals surface area contributed by atoms with Crippen molar-refractivity contribution >= 4 is 17.4 Å². The second kappa shape index (κ2) is 8.27. The Kier molecular flexibility index (Phi) is 7.02. The van der Waals surface area contributed by atoms with E-state index < -0.39 is 5.60 Å². The first-order valence-electron chi connectivity index (χ1n) is 7.13. The van der Waals surface area contributed by atoms with Crippen LogP contribution in [-0.2, 0) is 11.3 Å². The van der Waals surface area contributed by atoms with Gasteiger partial charge in [-0.1, -0.05) is 13.0 Å². The number of carbonyl (C=O) groups excluding carboxylic acids is 1. The fourth-order valence-corrected chi connectivity index (χ4v) is 2.40. The van der Waals surface area contributed by atoms with Crippen molar-refractivity contribution in [3.8, 4) is 0 Å². The molecule has 1 aromatic heterocycles. The average molecular weight is 298 g/mol. The highest BCUT2D eigenvalue weighted by molar-refractivity contribution is 7.09. The van der Waals surface area contributed by atoms with E-state index in [0.29, 0.717) is 6.54 Å². The van der Waals surface area contributed by atoms with Crippen LogP contribution in [0.15, 0.2) is 17.5 Å². The van der Waals surface area contributed by atoms with Gasteiger partial charge in [-0.25, -0.2) is 4.79 Å². The van der Waals surface area contributed by atoms with Gasteiger partial charge in [-0.2, -0.15) is 0 Å². The van der Waals surface area contributed by atoms with Crippen molar-refractivity contribution in [3.63, 3.8) is 0 Å². The highest BCUT2D eigenvalue weighted by atomic mass is 32.1. The Morgan fingerprint density at radius 2 is 2.15 bits per heavy atom. The Morgan fingerprint density at radius 3 is 2.70 bits per heavy atom. The molecule has 0 fully saturated rings. The lowest BCUT2D eigenvalue weighted by Crippen LogP contribution is -2.40. The maximum atomic E-state index is 12.0. The lowest BCUT2D eigenvalue weighted by Gasteiger charge is -2.27. The summed E-state index contributed by atoms with van der Waals surface area (Å²) in [5.74, 6) is 0. The fraction of sp³-hybridized carbons (Fsp3) is 0.667. The molecule has 0 atom stereocenters. The summed E-state index contributed by atoms with van der Waals surface area (Å²) in [4.78, 5) is 15.1. The highest BCUT2D eigenvalue weighted by Crippen LogP contribution is 2.10. The largest absolute Gasteiger partial charge is 0.444 e. The van der Waals surface area contributed by atoms with Crippen LogP contribution < -0.4 is 5.32 Å². The summed E-state index contributed by atoms with van der Waals surface area (Å²) in [5, 5.41) is 5.43. The van der Waals surface area contributed by atoms with Crippen LogP contribution in [0.3, 0.4) is 0 Å². The Bertz CT molecular complexity index is 385. The molecule has 4 nitrogen and oxygen atoms in total. The number of amides is 1. The molecular weight excluding hydrogens is 272 g/mol. The average Bonchev–Trinajstić information content (AvgIpc) is 2.83. The molecule has 0 spiro atoms. The van der Waals surface area contributed by atoms with Gasteiger partial charge in [0.2, 0.25) is 0 Å². The summed E-state index contributed by atoms with van der Waals surface area (Å²) in [5.41, 5.74) is -0.437. The summed E-state index contributed by atoms with van der Waals surface area (Å²) >= 11 is 1.74. The molecule has 20 heavy (non-hydrogen) atoms. The van der Waals surface area contributed by atoms with Crippen molar-refractivity contribution in [2.45, 2.75) is 46.3 Å². The monoisotopic (exact) mass is 298 g/mol. The standard InChI is InChI=1S/C15H26N2O2S/c1-5-9-17(14(18)19-15(2,3)4)10-8-16-12-13-7-6-11-20-13/h6-7,11,16H,5,8-10,12H2,1-4H3. The lowest BCUT2D eigenvalue weighted by molar-refractivity contribution is 0.0252. The molecule has 0 aliphatic heterocycles. The molecule has 1 amide bonds. The summed E-state index contributed by atoms with van der Waals surface area (Å²) in [6.07, 6.45) is 0.710. The van der Waals surface area contributed by atoms with Gasteiger partial charge in [0, 0.05) is 31.1 Å². The van der Waals surface area contributed by atoms with E-state index in [-0.39, 0.29) is 6.09 Å². The molecule has 0 bridgehead atoms. The molecule has 0 aliphatic carbocycles. The minimum atomic E-state index is -0.437. The van der Waals surface area contributed by atoms with Gasteiger partial charge < -0.3 is 15.0 Å². The number of carbonyl (C=O) groups is 1. The molecule has 1 aromatic rings. The molecule has 1 heterocycles. The number of thiophene rings is 1. The molecule has 1 rings (SSSR count). The molecule has 0 saturated carbocycles. The zero-order valence-electron chi connectivity index (χ0n) is 12.9. The first-order valence-corrected chi connectivity index (χ1v) is 8.01. The SMILES string of the molecule is CCCN(CCNCc1cccs1)C(=O)OC(C)(C)C. The molecule has 0 aromatic carbocycles. The van der Waals surface area contributed by atoms with Gasteiger partial charge >= 0.3 is 6.09 Å². The second-order valence-corrected chi connectivity index (χ2v) is 6.76. The predicted molar refractivity (Wildman–Crippen MR) is 84.1 cm³/mol. The Balaban J connectivity index is 2.32. The van der Waals surface area contributed by atoms with Gasteiger partial charge in [0.05, 0.1) is 0 Å². The number of nitrogens with zero attached hydrogens (tertiary/aromatic N) is 1. The third kappa shape index (κ3) is 6.91. The zero-order chi connectivity index (χ0) is 15.0. The van der Waals surface area contributed by atoms with E-state index in [2.05, 4.69) is 23.7 Å². The van der Waals surface area contributed by atoms with Crippen molar-refractivity contribution in [2.24, 2.45) is 0 Å². The molecular formula is C15H26N2O2S. The summed E-state index contributed by atoms with van der Waals surface area (Å²) < 4.78 is 5.42. The van der Waals surface area contributed by atoms with Crippen LogP contribution >= 0.6 is 11.3 Å². The summed E-state index contributed by atoms with van der Waals surface area (Å²) in [6, 6.07) is 4.15. The van der Waals surface area contributed by atoms with Crippen LogP contribution in [0, 0.1) is 0 Å². The predicted octanol–water partition coefficient (Wildman–Crippen LogP) is 3.48. The van der Waals surface area contributed by atoms with Gasteiger partial charge in [-0.15, -0.1) is 11.3 Å². The van der Waals surface area contributed by atoms with Crippen molar-refractivity contribution < 1.29 is 9.53 Å². The van der Waals surface area contributed by atoms with E-state index >= 15 is 0 Å². The molecule has 0 saturated heterocycles. The van der Waals surface area contributed by atoms with Crippen LogP contribution in [0.2, 0.25) is 0 Å². The molecule has 0 unspecified atom stereocenters. The zero-order valence-corrected chi connectivity index (χ0v) is 13.8. The summed E-state index contributed by atoms with van der Waals surface area (Å²) in [7, 11) is 0. The number of ether oxygens (including phenoxy) is 1. The number of nitrogens with one attached hydrogen (secondary N) is 1. The number of rotatable bonds is 7. The van der Waals surface area contributed by atoms with Gasteiger partial charge in [0.1, 0.15) is 5.60 Å². The van der Waals surface area contributed by atoms with Gasteiger partial charge in [-0.3, -0.25) is 0 Å². The molecule has 0 radical (unpaired) electrons. The maximum absolute atomic E-state index is 12.0. The van der Waals surface area contributed by atoms with Crippen molar-refractivity contribution in [2.75, 3.05) is 19.6 Å².